The highest BCUT2D eigenvalue weighted by molar-refractivity contribution is 7.47. The van der Waals surface area contributed by atoms with Gasteiger partial charge in [-0.2, -0.15) is 0 Å². The van der Waals surface area contributed by atoms with Crippen LogP contribution in [0.25, 0.3) is 0 Å². The molecule has 0 aliphatic carbocycles. The second-order valence-electron chi connectivity index (χ2n) is 25.2. The highest BCUT2D eigenvalue weighted by atomic mass is 31.2. The van der Waals surface area contributed by atoms with Gasteiger partial charge in [-0.25, -0.2) is 9.13 Å². The van der Waals surface area contributed by atoms with E-state index in [4.69, 9.17) is 37.0 Å². The van der Waals surface area contributed by atoms with Gasteiger partial charge >= 0.3 is 39.5 Å². The van der Waals surface area contributed by atoms with Crippen LogP contribution in [0.3, 0.4) is 0 Å². The second kappa shape index (κ2) is 76.8. The Kier molecular flexibility index (Phi) is 72.2. The number of hydrogen-bond acceptors (Lipinski definition) is 15. The minimum absolute atomic E-state index is 0.00729. The largest absolute Gasteiger partial charge is 0.472 e. The van der Waals surface area contributed by atoms with Crippen LogP contribution in [0.15, 0.2) is 207 Å². The van der Waals surface area contributed by atoms with Crippen LogP contribution in [0, 0.1) is 0 Å². The minimum atomic E-state index is -5.03. The van der Waals surface area contributed by atoms with Gasteiger partial charge in [-0.05, 0) is 161 Å². The van der Waals surface area contributed by atoms with Crippen LogP contribution in [0.5, 0.6) is 0 Å². The number of esters is 4. The average molecular weight is 1520 g/mol. The molecule has 0 aromatic heterocycles. The number of unbranched alkanes of at least 4 members (excludes halogenated alkanes) is 12. The maximum absolute atomic E-state index is 13.1. The fourth-order valence-corrected chi connectivity index (χ4v) is 11.0. The van der Waals surface area contributed by atoms with Crippen LogP contribution < -0.4 is 0 Å². The molecule has 0 bridgehead atoms. The third-order valence-electron chi connectivity index (χ3n) is 15.3. The summed E-state index contributed by atoms with van der Waals surface area (Å²) in [6, 6.07) is 0. The first-order chi connectivity index (χ1) is 51.7. The highest BCUT2D eigenvalue weighted by Crippen LogP contribution is 2.45. The normalized spacial score (nSPS) is 15.0. The quantitative estimate of drug-likeness (QED) is 0.0169. The molecule has 0 aromatic carbocycles. The Morgan fingerprint density at radius 1 is 0.283 bits per heavy atom. The lowest BCUT2D eigenvalue weighted by molar-refractivity contribution is -0.161. The van der Waals surface area contributed by atoms with Gasteiger partial charge in [0.1, 0.15) is 19.3 Å². The molecule has 596 valence electrons. The Morgan fingerprint density at radius 3 is 0.896 bits per heavy atom. The summed E-state index contributed by atoms with van der Waals surface area (Å²) in [5.41, 5.74) is 0. The molecule has 0 fully saturated rings. The van der Waals surface area contributed by atoms with E-state index in [-0.39, 0.29) is 25.7 Å². The molecule has 0 aliphatic rings. The number of ether oxygens (including phenoxy) is 4. The monoisotopic (exact) mass is 1510 g/mol. The number of aliphatic hydroxyl groups excluding tert-OH is 1. The fraction of sp³-hybridized carbons (Fsp3) is 0.563. The van der Waals surface area contributed by atoms with Crippen LogP contribution in [-0.4, -0.2) is 96.7 Å². The van der Waals surface area contributed by atoms with Crippen molar-refractivity contribution in [2.45, 2.75) is 277 Å². The zero-order chi connectivity index (χ0) is 77.4. The van der Waals surface area contributed by atoms with E-state index in [2.05, 4.69) is 192 Å². The Labute approximate surface area is 639 Å². The molecule has 106 heavy (non-hydrogen) atoms. The number of aliphatic hydroxyl groups is 1. The van der Waals surface area contributed by atoms with E-state index in [0.717, 1.165) is 154 Å². The van der Waals surface area contributed by atoms with E-state index in [0.29, 0.717) is 32.1 Å². The van der Waals surface area contributed by atoms with Crippen LogP contribution in [-0.2, 0) is 65.4 Å². The summed E-state index contributed by atoms with van der Waals surface area (Å²) in [6.45, 7) is 4.22. The second-order valence-corrected chi connectivity index (χ2v) is 28.1. The van der Waals surface area contributed by atoms with Crippen LogP contribution in [0.2, 0.25) is 0 Å². The minimum Gasteiger partial charge on any atom is -0.462 e. The van der Waals surface area contributed by atoms with E-state index >= 15 is 0 Å². The van der Waals surface area contributed by atoms with E-state index in [1.54, 1.807) is 12.2 Å². The molecule has 0 aliphatic heterocycles. The molecular formula is C87H136O17P2. The third-order valence-corrected chi connectivity index (χ3v) is 17.2. The molecule has 5 unspecified atom stereocenters. The van der Waals surface area contributed by atoms with Crippen LogP contribution >= 0.6 is 15.6 Å². The van der Waals surface area contributed by atoms with Crippen LogP contribution in [0.4, 0.5) is 0 Å². The predicted molar refractivity (Wildman–Crippen MR) is 435 cm³/mol. The first-order valence-electron chi connectivity index (χ1n) is 39.3. The molecule has 19 heteroatoms. The zero-order valence-electron chi connectivity index (χ0n) is 65.0. The van der Waals surface area contributed by atoms with Crippen molar-refractivity contribution in [3.05, 3.63) is 207 Å². The predicted octanol–water partition coefficient (Wildman–Crippen LogP) is 23.1. The van der Waals surface area contributed by atoms with Gasteiger partial charge in [-0.1, -0.05) is 279 Å². The van der Waals surface area contributed by atoms with Gasteiger partial charge in [0, 0.05) is 19.3 Å². The van der Waals surface area contributed by atoms with Crippen molar-refractivity contribution < 1.29 is 80.2 Å². The van der Waals surface area contributed by atoms with E-state index in [1.165, 1.54) is 19.3 Å². The lowest BCUT2D eigenvalue weighted by atomic mass is 10.1. The van der Waals surface area contributed by atoms with Crippen LogP contribution in [0.1, 0.15) is 259 Å². The first kappa shape index (κ1) is 99.6. The number of carbonyl (C=O) groups excluding carboxylic acids is 4. The number of rotatable bonds is 71. The lowest BCUT2D eigenvalue weighted by Crippen LogP contribution is -2.30. The molecule has 0 amide bonds. The number of hydrogen-bond donors (Lipinski definition) is 3. The molecule has 0 rings (SSSR count). The fourth-order valence-electron chi connectivity index (χ4n) is 9.40. The maximum Gasteiger partial charge on any atom is 0.472 e. The maximum atomic E-state index is 13.1. The summed E-state index contributed by atoms with van der Waals surface area (Å²) in [6.07, 6.45) is 95.7. The summed E-state index contributed by atoms with van der Waals surface area (Å²) in [5.74, 6) is -2.49. The average Bonchev–Trinajstić information content (AvgIpc) is 0.909. The Bertz CT molecular complexity index is 2830. The summed E-state index contributed by atoms with van der Waals surface area (Å²) >= 11 is 0. The van der Waals surface area contributed by atoms with Crippen molar-refractivity contribution in [2.75, 3.05) is 39.6 Å². The van der Waals surface area contributed by atoms with E-state index < -0.39 is 97.5 Å². The van der Waals surface area contributed by atoms with Gasteiger partial charge in [0.15, 0.2) is 12.2 Å². The smallest absolute Gasteiger partial charge is 0.462 e. The molecule has 0 saturated heterocycles. The molecule has 0 saturated carbocycles. The number of allylic oxidation sites excluding steroid dienone is 33. The van der Waals surface area contributed by atoms with Crippen molar-refractivity contribution in [1.82, 2.24) is 0 Å². The number of phosphoric acid groups is 2. The van der Waals surface area contributed by atoms with Crippen molar-refractivity contribution in [3.63, 3.8) is 0 Å². The van der Waals surface area contributed by atoms with Crippen molar-refractivity contribution in [1.29, 1.82) is 0 Å². The van der Waals surface area contributed by atoms with Crippen molar-refractivity contribution >= 4 is 39.5 Å². The SMILES string of the molecule is CC/C=C\C/C=C\C/C=C\C/C=C\C/C=C\C/C=C\CCC(=O)OCC(COP(=O)(O)OCC(O)COP(=O)(O)OCC(COC(=O)CCCCCC/C=C\C/C=C\C/C=C\C/C=C\CC)OC(=O)CCCCCCC/C=C\C/C=C\CCCCC)OC(=O)C/C=C\C/C=C\C/C=C\C/C=C\C/C=C\CC. The topological polar surface area (TPSA) is 237 Å². The molecule has 0 spiro atoms. The van der Waals surface area contributed by atoms with Gasteiger partial charge in [-0.15, -0.1) is 0 Å². The van der Waals surface area contributed by atoms with Crippen molar-refractivity contribution in [2.24, 2.45) is 0 Å². The standard InChI is InChI=1S/C87H136O17P2/c1-5-9-13-17-21-25-29-33-37-39-40-42-46-48-52-56-60-64-68-72-85(90)98-78-83(104-87(92)74-70-66-62-58-54-50-44-36-32-28-24-20-16-12-8-4)80-102-106(95,96)100-76-81(88)75-99-105(93,94)101-79-82(103-86(91)73-69-65-61-57-53-49-43-35-31-27-23-19-15-11-7-3)77-97-84(89)71-67-63-59-55-51-47-45-41-38-34-30-26-22-18-14-10-6-2/h9-10,12-14,16,21-28,33-38,40,42-45,47-48,52,54,58,60,64,66,70,81-83,88H,5-8,11,15,17-20,29-32,39,41,46,49-51,53,55-57,59,61-63,65,67-69,71-80H2,1-4H3,(H,93,94)(H,95,96)/b13-9-,14-10-,16-12-,25-21-,26-22-,27-23-,28-24-,37-33-,38-34-,42-40-,43-35-,44-36-,47-45-,52-48-,58-54-,64-60-,70-66-. The number of phosphoric ester groups is 2. The molecular weight excluding hydrogens is 1380 g/mol. The van der Waals surface area contributed by atoms with Gasteiger partial charge in [-0.3, -0.25) is 37.3 Å². The summed E-state index contributed by atoms with van der Waals surface area (Å²) in [5, 5.41) is 10.6. The molecule has 0 aromatic rings. The lowest BCUT2D eigenvalue weighted by Gasteiger charge is -2.21. The third kappa shape index (κ3) is 75.9. The molecule has 0 radical (unpaired) electrons. The highest BCUT2D eigenvalue weighted by Gasteiger charge is 2.30. The molecule has 3 N–H and O–H groups in total. The van der Waals surface area contributed by atoms with Gasteiger partial charge in [0.05, 0.1) is 32.8 Å². The van der Waals surface area contributed by atoms with E-state index in [9.17, 15) is 43.2 Å². The van der Waals surface area contributed by atoms with E-state index in [1.807, 2.05) is 30.4 Å². The Hall–Kier alpha value is -6.36. The van der Waals surface area contributed by atoms with Crippen molar-refractivity contribution in [3.8, 4) is 0 Å². The zero-order valence-corrected chi connectivity index (χ0v) is 66.8. The van der Waals surface area contributed by atoms with Gasteiger partial charge in [0.25, 0.3) is 0 Å². The molecule has 0 heterocycles. The Balaban J connectivity index is 5.55. The molecule has 5 atom stereocenters. The Morgan fingerprint density at radius 2 is 0.547 bits per heavy atom. The first-order valence-corrected chi connectivity index (χ1v) is 42.3. The summed E-state index contributed by atoms with van der Waals surface area (Å²) < 4.78 is 68.3. The summed E-state index contributed by atoms with van der Waals surface area (Å²) in [4.78, 5) is 72.9. The van der Waals surface area contributed by atoms with Gasteiger partial charge < -0.3 is 33.8 Å². The molecule has 17 nitrogen and oxygen atoms in total. The number of carbonyl (C=O) groups is 4. The van der Waals surface area contributed by atoms with Gasteiger partial charge in [0.2, 0.25) is 0 Å². The summed E-state index contributed by atoms with van der Waals surface area (Å²) in [7, 11) is -10.0.